The minimum atomic E-state index is -0.224. The SMILES string of the molecule is O=C(Cn1c(COc2ccccc2)nc2ccccc21)Nc1cc(Cl)ccc1OCC1CCCO1. The van der Waals surface area contributed by atoms with E-state index in [-0.39, 0.29) is 25.2 Å². The molecule has 3 aromatic carbocycles. The monoisotopic (exact) mass is 491 g/mol. The second-order valence-corrected chi connectivity index (χ2v) is 8.78. The number of ether oxygens (including phenoxy) is 3. The molecule has 35 heavy (non-hydrogen) atoms. The molecular formula is C27H26ClN3O4. The largest absolute Gasteiger partial charge is 0.489 e. The summed E-state index contributed by atoms with van der Waals surface area (Å²) in [5, 5.41) is 3.46. The lowest BCUT2D eigenvalue weighted by Crippen LogP contribution is -2.22. The van der Waals surface area contributed by atoms with Crippen LogP contribution in [0.15, 0.2) is 72.8 Å². The number of hydrogen-bond donors (Lipinski definition) is 1. The Labute approximate surface area is 208 Å². The van der Waals surface area contributed by atoms with Crippen molar-refractivity contribution in [1.29, 1.82) is 0 Å². The predicted octanol–water partition coefficient (Wildman–Crippen LogP) is 5.47. The van der Waals surface area contributed by atoms with E-state index in [4.69, 9.17) is 30.8 Å². The third-order valence-corrected chi connectivity index (χ3v) is 6.05. The van der Waals surface area contributed by atoms with E-state index in [1.807, 2.05) is 59.2 Å². The number of halogens is 1. The van der Waals surface area contributed by atoms with Gasteiger partial charge in [0, 0.05) is 11.6 Å². The van der Waals surface area contributed by atoms with Gasteiger partial charge in [-0.15, -0.1) is 0 Å². The number of anilines is 1. The van der Waals surface area contributed by atoms with Crippen LogP contribution >= 0.6 is 11.6 Å². The first-order valence-corrected chi connectivity index (χ1v) is 12.0. The standard InChI is InChI=1S/C27H26ClN3O4/c28-19-12-13-25(35-17-21-9-6-14-33-21)23(15-19)30-27(32)16-31-24-11-5-4-10-22(24)29-26(31)18-34-20-7-2-1-3-8-20/h1-5,7-8,10-13,15,21H,6,9,14,16-18H2,(H,30,32). The molecular weight excluding hydrogens is 466 g/mol. The quantitative estimate of drug-likeness (QED) is 0.336. The first kappa shape index (κ1) is 23.2. The average Bonchev–Trinajstić information content (AvgIpc) is 3.51. The Bertz CT molecular complexity index is 1300. The summed E-state index contributed by atoms with van der Waals surface area (Å²) in [7, 11) is 0. The molecule has 1 amide bonds. The van der Waals surface area contributed by atoms with Crippen molar-refractivity contribution < 1.29 is 19.0 Å². The maximum Gasteiger partial charge on any atom is 0.244 e. The van der Waals surface area contributed by atoms with Crippen LogP contribution < -0.4 is 14.8 Å². The van der Waals surface area contributed by atoms with Crippen LogP contribution in [0.25, 0.3) is 11.0 Å². The molecule has 8 heteroatoms. The fourth-order valence-electron chi connectivity index (χ4n) is 4.09. The summed E-state index contributed by atoms with van der Waals surface area (Å²) in [5.74, 6) is 1.73. The molecule has 7 nitrogen and oxygen atoms in total. The number of hydrogen-bond acceptors (Lipinski definition) is 5. The summed E-state index contributed by atoms with van der Waals surface area (Å²) in [6.45, 7) is 1.48. The Kier molecular flexibility index (Phi) is 7.16. The van der Waals surface area contributed by atoms with Gasteiger partial charge in [0.25, 0.3) is 0 Å². The Morgan fingerprint density at radius 3 is 2.74 bits per heavy atom. The van der Waals surface area contributed by atoms with Gasteiger partial charge in [-0.2, -0.15) is 0 Å². The number of imidazole rings is 1. The summed E-state index contributed by atoms with van der Waals surface area (Å²) < 4.78 is 19.4. The number of carbonyl (C=O) groups is 1. The van der Waals surface area contributed by atoms with Crippen LogP contribution in [0.4, 0.5) is 5.69 Å². The second-order valence-electron chi connectivity index (χ2n) is 8.34. The van der Waals surface area contributed by atoms with Gasteiger partial charge in [-0.3, -0.25) is 4.79 Å². The molecule has 180 valence electrons. The van der Waals surface area contributed by atoms with Crippen molar-refractivity contribution in [2.75, 3.05) is 18.5 Å². The molecule has 0 bridgehead atoms. The van der Waals surface area contributed by atoms with Crippen LogP contribution in [-0.4, -0.2) is 34.8 Å². The zero-order valence-corrected chi connectivity index (χ0v) is 19.9. The van der Waals surface area contributed by atoms with E-state index in [9.17, 15) is 4.79 Å². The molecule has 2 heterocycles. The third kappa shape index (κ3) is 5.75. The van der Waals surface area contributed by atoms with E-state index in [1.54, 1.807) is 18.2 Å². The average molecular weight is 492 g/mol. The molecule has 1 atom stereocenters. The van der Waals surface area contributed by atoms with E-state index in [1.165, 1.54) is 0 Å². The summed E-state index contributed by atoms with van der Waals surface area (Å²) in [5.41, 5.74) is 2.18. The topological polar surface area (TPSA) is 74.6 Å². The van der Waals surface area contributed by atoms with Gasteiger partial charge in [-0.25, -0.2) is 4.98 Å². The van der Waals surface area contributed by atoms with Gasteiger partial charge in [-0.05, 0) is 55.3 Å². The molecule has 1 aliphatic heterocycles. The van der Waals surface area contributed by atoms with Gasteiger partial charge >= 0.3 is 0 Å². The van der Waals surface area contributed by atoms with Gasteiger partial charge in [-0.1, -0.05) is 41.9 Å². The highest BCUT2D eigenvalue weighted by Gasteiger charge is 2.19. The predicted molar refractivity (Wildman–Crippen MR) is 135 cm³/mol. The molecule has 0 aliphatic carbocycles. The number of fused-ring (bicyclic) bond motifs is 1. The zero-order chi connectivity index (χ0) is 24.0. The zero-order valence-electron chi connectivity index (χ0n) is 19.2. The first-order valence-electron chi connectivity index (χ1n) is 11.6. The van der Waals surface area contributed by atoms with Gasteiger partial charge < -0.3 is 24.1 Å². The normalized spacial score (nSPS) is 15.3. The van der Waals surface area contributed by atoms with Gasteiger partial charge in [0.05, 0.1) is 22.8 Å². The van der Waals surface area contributed by atoms with Crippen molar-refractivity contribution in [1.82, 2.24) is 9.55 Å². The number of nitrogens with zero attached hydrogens (tertiary/aromatic N) is 2. The summed E-state index contributed by atoms with van der Waals surface area (Å²) in [4.78, 5) is 17.8. The van der Waals surface area contributed by atoms with Crippen LogP contribution in [-0.2, 0) is 22.7 Å². The minimum absolute atomic E-state index is 0.0612. The molecule has 1 aromatic heterocycles. The highest BCUT2D eigenvalue weighted by atomic mass is 35.5. The highest BCUT2D eigenvalue weighted by Crippen LogP contribution is 2.29. The van der Waals surface area contributed by atoms with Crippen molar-refractivity contribution in [3.05, 3.63) is 83.6 Å². The molecule has 0 radical (unpaired) electrons. The Balaban J connectivity index is 1.33. The lowest BCUT2D eigenvalue weighted by Gasteiger charge is -2.16. The molecule has 1 unspecified atom stereocenters. The fourth-order valence-corrected chi connectivity index (χ4v) is 4.27. The number of para-hydroxylation sites is 3. The van der Waals surface area contributed by atoms with Crippen molar-refractivity contribution in [2.45, 2.75) is 32.1 Å². The number of aromatic nitrogens is 2. The van der Waals surface area contributed by atoms with Crippen LogP contribution in [0.2, 0.25) is 5.02 Å². The van der Waals surface area contributed by atoms with Crippen LogP contribution in [0.1, 0.15) is 18.7 Å². The van der Waals surface area contributed by atoms with Gasteiger partial charge in [0.2, 0.25) is 5.91 Å². The van der Waals surface area contributed by atoms with Gasteiger partial charge in [0.15, 0.2) is 0 Å². The molecule has 1 aliphatic rings. The van der Waals surface area contributed by atoms with Crippen molar-refractivity contribution in [3.63, 3.8) is 0 Å². The van der Waals surface area contributed by atoms with Crippen molar-refractivity contribution in [2.24, 2.45) is 0 Å². The van der Waals surface area contributed by atoms with Gasteiger partial charge in [0.1, 0.15) is 37.1 Å². The summed E-state index contributed by atoms with van der Waals surface area (Å²) >= 11 is 6.21. The maximum atomic E-state index is 13.2. The molecule has 1 N–H and O–H groups in total. The van der Waals surface area contributed by atoms with E-state index < -0.39 is 0 Å². The fraction of sp³-hybridized carbons (Fsp3) is 0.259. The summed E-state index contributed by atoms with van der Waals surface area (Å²) in [6.07, 6.45) is 2.07. The molecule has 5 rings (SSSR count). The molecule has 0 spiro atoms. The molecule has 0 saturated carbocycles. The van der Waals surface area contributed by atoms with Crippen LogP contribution in [0, 0.1) is 0 Å². The van der Waals surface area contributed by atoms with E-state index in [0.717, 1.165) is 36.2 Å². The molecule has 1 fully saturated rings. The number of amides is 1. The minimum Gasteiger partial charge on any atom is -0.489 e. The molecule has 4 aromatic rings. The van der Waals surface area contributed by atoms with E-state index in [0.29, 0.717) is 28.9 Å². The highest BCUT2D eigenvalue weighted by molar-refractivity contribution is 6.31. The Hall–Kier alpha value is -3.55. The second kappa shape index (κ2) is 10.8. The Morgan fingerprint density at radius 1 is 1.09 bits per heavy atom. The number of rotatable bonds is 9. The number of benzene rings is 3. The number of carbonyl (C=O) groups excluding carboxylic acids is 1. The first-order chi connectivity index (χ1) is 17.2. The summed E-state index contributed by atoms with van der Waals surface area (Å²) in [6, 6.07) is 22.4. The molecule has 1 saturated heterocycles. The lowest BCUT2D eigenvalue weighted by molar-refractivity contribution is -0.116. The van der Waals surface area contributed by atoms with E-state index >= 15 is 0 Å². The third-order valence-electron chi connectivity index (χ3n) is 5.81. The lowest BCUT2D eigenvalue weighted by atomic mass is 10.2. The van der Waals surface area contributed by atoms with Crippen molar-refractivity contribution in [3.8, 4) is 11.5 Å². The number of nitrogens with one attached hydrogen (secondary N) is 1. The van der Waals surface area contributed by atoms with E-state index in [2.05, 4.69) is 5.32 Å². The van der Waals surface area contributed by atoms with Crippen LogP contribution in [0.5, 0.6) is 11.5 Å². The van der Waals surface area contributed by atoms with Crippen LogP contribution in [0.3, 0.4) is 0 Å². The smallest absolute Gasteiger partial charge is 0.244 e. The Morgan fingerprint density at radius 2 is 1.91 bits per heavy atom. The van der Waals surface area contributed by atoms with Crippen molar-refractivity contribution >= 4 is 34.2 Å². The maximum absolute atomic E-state index is 13.2.